The summed E-state index contributed by atoms with van der Waals surface area (Å²) in [7, 11) is 0. The molecule has 8 heteroatoms. The van der Waals surface area contributed by atoms with Crippen LogP contribution < -0.4 is 10.6 Å². The number of aromatic nitrogens is 4. The maximum absolute atomic E-state index is 12.1. The summed E-state index contributed by atoms with van der Waals surface area (Å²) in [5.74, 6) is 1.03. The highest BCUT2D eigenvalue weighted by molar-refractivity contribution is 5.85. The fourth-order valence-corrected chi connectivity index (χ4v) is 2.68. The van der Waals surface area contributed by atoms with E-state index in [-0.39, 0.29) is 30.8 Å². The summed E-state index contributed by atoms with van der Waals surface area (Å²) in [6.45, 7) is 5.74. The van der Waals surface area contributed by atoms with Crippen LogP contribution in [0.1, 0.15) is 30.1 Å². The second-order valence-corrected chi connectivity index (χ2v) is 5.57. The van der Waals surface area contributed by atoms with Gasteiger partial charge in [-0.05, 0) is 39.3 Å². The molecule has 1 fully saturated rings. The van der Waals surface area contributed by atoms with E-state index >= 15 is 0 Å². The standard InChI is InChI=1S/C14H20N6O.ClH/c1-9-6-10(2)20-14(16-9)18-12(19-20)7-13(21)17-11-4-3-5-15-8-11;/h6,11,15H,3-5,7-8H2,1-2H3,(H,17,21);1H/t11-;/m0./s1. The Hall–Kier alpha value is -1.73. The number of aryl methyl sites for hydroxylation is 2. The van der Waals surface area contributed by atoms with Gasteiger partial charge in [0.05, 0.1) is 6.42 Å². The molecule has 2 N–H and O–H groups in total. The van der Waals surface area contributed by atoms with Crippen LogP contribution in [-0.2, 0) is 11.2 Å². The molecule has 7 nitrogen and oxygen atoms in total. The molecule has 1 amide bonds. The number of nitrogens with one attached hydrogen (secondary N) is 2. The first kappa shape index (κ1) is 16.6. The van der Waals surface area contributed by atoms with Gasteiger partial charge in [-0.1, -0.05) is 0 Å². The Labute approximate surface area is 135 Å². The Kier molecular flexibility index (Phi) is 5.31. The van der Waals surface area contributed by atoms with Crippen molar-refractivity contribution in [3.63, 3.8) is 0 Å². The van der Waals surface area contributed by atoms with Gasteiger partial charge in [0, 0.05) is 24.0 Å². The minimum Gasteiger partial charge on any atom is -0.352 e. The van der Waals surface area contributed by atoms with E-state index < -0.39 is 0 Å². The summed E-state index contributed by atoms with van der Waals surface area (Å²) >= 11 is 0. The van der Waals surface area contributed by atoms with Gasteiger partial charge in [0.15, 0.2) is 5.82 Å². The van der Waals surface area contributed by atoms with Crippen LogP contribution in [0.5, 0.6) is 0 Å². The zero-order chi connectivity index (χ0) is 14.8. The van der Waals surface area contributed by atoms with E-state index in [0.29, 0.717) is 11.6 Å². The van der Waals surface area contributed by atoms with Gasteiger partial charge < -0.3 is 10.6 Å². The predicted octanol–water partition coefficient (Wildman–Crippen LogP) is 0.574. The summed E-state index contributed by atoms with van der Waals surface area (Å²) in [5, 5.41) is 10.7. The monoisotopic (exact) mass is 324 g/mol. The minimum absolute atomic E-state index is 0. The second kappa shape index (κ2) is 7.02. The highest BCUT2D eigenvalue weighted by Crippen LogP contribution is 2.06. The number of piperidine rings is 1. The van der Waals surface area contributed by atoms with Gasteiger partial charge in [0.2, 0.25) is 5.91 Å². The largest absolute Gasteiger partial charge is 0.352 e. The van der Waals surface area contributed by atoms with E-state index in [2.05, 4.69) is 25.7 Å². The summed E-state index contributed by atoms with van der Waals surface area (Å²) in [6, 6.07) is 2.16. The molecule has 0 spiro atoms. The van der Waals surface area contributed by atoms with Crippen LogP contribution in [0.25, 0.3) is 5.78 Å². The molecular formula is C14H21ClN6O. The number of halogens is 1. The summed E-state index contributed by atoms with van der Waals surface area (Å²) in [4.78, 5) is 20.7. The lowest BCUT2D eigenvalue weighted by Gasteiger charge is -2.23. The molecule has 0 saturated carbocycles. The number of hydrogen-bond acceptors (Lipinski definition) is 5. The van der Waals surface area contributed by atoms with Crippen LogP contribution in [0.3, 0.4) is 0 Å². The summed E-state index contributed by atoms with van der Waals surface area (Å²) < 4.78 is 1.68. The van der Waals surface area contributed by atoms with Gasteiger partial charge in [-0.3, -0.25) is 4.79 Å². The van der Waals surface area contributed by atoms with Gasteiger partial charge in [-0.25, -0.2) is 9.50 Å². The third-order valence-electron chi connectivity index (χ3n) is 3.64. The van der Waals surface area contributed by atoms with Gasteiger partial charge in [-0.15, -0.1) is 17.5 Å². The summed E-state index contributed by atoms with van der Waals surface area (Å²) in [6.07, 6.45) is 2.31. The van der Waals surface area contributed by atoms with Crippen LogP contribution in [0.2, 0.25) is 0 Å². The van der Waals surface area contributed by atoms with Crippen LogP contribution in [-0.4, -0.2) is 44.6 Å². The molecule has 2 aromatic heterocycles. The van der Waals surface area contributed by atoms with E-state index in [1.165, 1.54) is 0 Å². The first-order valence-electron chi connectivity index (χ1n) is 7.32. The van der Waals surface area contributed by atoms with Crippen molar-refractivity contribution >= 4 is 24.1 Å². The van der Waals surface area contributed by atoms with Crippen LogP contribution >= 0.6 is 12.4 Å². The number of amides is 1. The first-order valence-corrected chi connectivity index (χ1v) is 7.32. The fourth-order valence-electron chi connectivity index (χ4n) is 2.68. The molecule has 3 heterocycles. The number of carbonyl (C=O) groups is 1. The molecule has 1 atom stereocenters. The normalized spacial score (nSPS) is 18.0. The Morgan fingerprint density at radius 3 is 3.00 bits per heavy atom. The molecular weight excluding hydrogens is 304 g/mol. The van der Waals surface area contributed by atoms with Gasteiger partial charge >= 0.3 is 0 Å². The molecule has 1 saturated heterocycles. The summed E-state index contributed by atoms with van der Waals surface area (Å²) in [5.41, 5.74) is 1.87. The number of fused-ring (bicyclic) bond motifs is 1. The van der Waals surface area contributed by atoms with Gasteiger partial charge in [-0.2, -0.15) is 4.98 Å². The van der Waals surface area contributed by atoms with E-state index in [9.17, 15) is 4.79 Å². The Morgan fingerprint density at radius 1 is 1.45 bits per heavy atom. The van der Waals surface area contributed by atoms with Gasteiger partial charge in [0.25, 0.3) is 5.78 Å². The van der Waals surface area contributed by atoms with Gasteiger partial charge in [0.1, 0.15) is 0 Å². The third kappa shape index (κ3) is 3.72. The molecule has 0 radical (unpaired) electrons. The molecule has 3 rings (SSSR count). The van der Waals surface area contributed by atoms with E-state index in [0.717, 1.165) is 37.3 Å². The van der Waals surface area contributed by atoms with E-state index in [1.807, 2.05) is 19.9 Å². The zero-order valence-electron chi connectivity index (χ0n) is 12.8. The topological polar surface area (TPSA) is 84.2 Å². The number of rotatable bonds is 3. The van der Waals surface area contributed by atoms with Crippen molar-refractivity contribution in [1.82, 2.24) is 30.2 Å². The highest BCUT2D eigenvalue weighted by atomic mass is 35.5. The molecule has 120 valence electrons. The van der Waals surface area contributed by atoms with Crippen molar-refractivity contribution in [3.8, 4) is 0 Å². The predicted molar refractivity (Wildman–Crippen MR) is 85.2 cm³/mol. The maximum atomic E-state index is 12.1. The van der Waals surface area contributed by atoms with Crippen LogP contribution in [0.15, 0.2) is 6.07 Å². The molecule has 0 aliphatic carbocycles. The molecule has 2 aromatic rings. The Balaban J connectivity index is 0.00000176. The first-order chi connectivity index (χ1) is 10.1. The second-order valence-electron chi connectivity index (χ2n) is 5.57. The zero-order valence-corrected chi connectivity index (χ0v) is 13.6. The lowest BCUT2D eigenvalue weighted by Crippen LogP contribution is -2.46. The molecule has 1 aliphatic rings. The average molecular weight is 325 g/mol. The fraction of sp³-hybridized carbons (Fsp3) is 0.571. The smallest absolute Gasteiger partial charge is 0.252 e. The molecule has 22 heavy (non-hydrogen) atoms. The average Bonchev–Trinajstić information content (AvgIpc) is 2.82. The number of carbonyl (C=O) groups excluding carboxylic acids is 1. The molecule has 1 aliphatic heterocycles. The molecule has 0 bridgehead atoms. The van der Waals surface area contributed by atoms with Crippen LogP contribution in [0, 0.1) is 13.8 Å². The van der Waals surface area contributed by atoms with Crippen molar-refractivity contribution in [2.75, 3.05) is 13.1 Å². The number of hydrogen-bond donors (Lipinski definition) is 2. The van der Waals surface area contributed by atoms with Crippen molar-refractivity contribution in [2.45, 2.75) is 39.2 Å². The van der Waals surface area contributed by atoms with Crippen molar-refractivity contribution in [1.29, 1.82) is 0 Å². The van der Waals surface area contributed by atoms with Crippen LogP contribution in [0.4, 0.5) is 0 Å². The molecule has 0 aromatic carbocycles. The lowest BCUT2D eigenvalue weighted by atomic mass is 10.1. The van der Waals surface area contributed by atoms with E-state index in [1.54, 1.807) is 4.52 Å². The van der Waals surface area contributed by atoms with Crippen molar-refractivity contribution in [2.24, 2.45) is 0 Å². The highest BCUT2D eigenvalue weighted by Gasteiger charge is 2.17. The Bertz CT molecular complexity index is 665. The van der Waals surface area contributed by atoms with Crippen molar-refractivity contribution in [3.05, 3.63) is 23.3 Å². The lowest BCUT2D eigenvalue weighted by molar-refractivity contribution is -0.121. The number of nitrogens with zero attached hydrogens (tertiary/aromatic N) is 4. The third-order valence-corrected chi connectivity index (χ3v) is 3.64. The minimum atomic E-state index is -0.0334. The molecule has 0 unspecified atom stereocenters. The Morgan fingerprint density at radius 2 is 2.27 bits per heavy atom. The quantitative estimate of drug-likeness (QED) is 0.862. The SMILES string of the molecule is Cc1cc(C)n2nc(CC(=O)N[C@H]3CCCNC3)nc2n1.Cl. The van der Waals surface area contributed by atoms with E-state index in [4.69, 9.17) is 0 Å². The van der Waals surface area contributed by atoms with Crippen molar-refractivity contribution < 1.29 is 4.79 Å². The maximum Gasteiger partial charge on any atom is 0.252 e.